The molecular formula is C12H15N5O3. The highest BCUT2D eigenvalue weighted by Crippen LogP contribution is 2.16. The summed E-state index contributed by atoms with van der Waals surface area (Å²) in [5.41, 5.74) is 0.258. The molecule has 0 saturated carbocycles. The van der Waals surface area contributed by atoms with Crippen molar-refractivity contribution in [1.82, 2.24) is 20.1 Å². The first-order chi connectivity index (χ1) is 9.47. The highest BCUT2D eigenvalue weighted by Gasteiger charge is 2.16. The molecule has 2 aromatic heterocycles. The van der Waals surface area contributed by atoms with E-state index in [1.165, 1.54) is 6.20 Å². The summed E-state index contributed by atoms with van der Waals surface area (Å²) in [6, 6.07) is 0. The number of aromatic carboxylic acids is 1. The number of anilines is 1. The Bertz CT molecular complexity index is 623. The van der Waals surface area contributed by atoms with Gasteiger partial charge in [0.05, 0.1) is 18.4 Å². The highest BCUT2D eigenvalue weighted by molar-refractivity contribution is 5.91. The third-order valence-corrected chi connectivity index (χ3v) is 2.53. The molecular weight excluding hydrogens is 262 g/mol. The minimum Gasteiger partial charge on any atom is -0.476 e. The van der Waals surface area contributed by atoms with Gasteiger partial charge >= 0.3 is 5.97 Å². The van der Waals surface area contributed by atoms with Crippen molar-refractivity contribution < 1.29 is 14.4 Å². The number of hydrogen-bond donors (Lipinski definition) is 2. The Morgan fingerprint density at radius 1 is 1.45 bits per heavy atom. The maximum Gasteiger partial charge on any atom is 0.356 e. The van der Waals surface area contributed by atoms with Crippen molar-refractivity contribution in [2.24, 2.45) is 0 Å². The van der Waals surface area contributed by atoms with E-state index in [0.29, 0.717) is 23.2 Å². The van der Waals surface area contributed by atoms with Crippen LogP contribution in [0.5, 0.6) is 0 Å². The van der Waals surface area contributed by atoms with Crippen LogP contribution in [-0.2, 0) is 6.54 Å². The second-order valence-corrected chi connectivity index (χ2v) is 4.53. The molecule has 0 aliphatic rings. The lowest BCUT2D eigenvalue weighted by atomic mass is 10.2. The van der Waals surface area contributed by atoms with E-state index in [-0.39, 0.29) is 18.2 Å². The topological polar surface area (TPSA) is 114 Å². The second-order valence-electron chi connectivity index (χ2n) is 4.53. The van der Waals surface area contributed by atoms with Gasteiger partial charge < -0.3 is 14.9 Å². The predicted molar refractivity (Wildman–Crippen MR) is 69.4 cm³/mol. The summed E-state index contributed by atoms with van der Waals surface area (Å²) < 4.78 is 4.83. The molecule has 0 fully saturated rings. The van der Waals surface area contributed by atoms with Crippen molar-refractivity contribution in [1.29, 1.82) is 0 Å². The zero-order valence-corrected chi connectivity index (χ0v) is 11.4. The molecule has 20 heavy (non-hydrogen) atoms. The van der Waals surface area contributed by atoms with Gasteiger partial charge in [0, 0.05) is 12.8 Å². The van der Waals surface area contributed by atoms with Crippen molar-refractivity contribution in [2.45, 2.75) is 33.2 Å². The number of hydrogen-bond acceptors (Lipinski definition) is 7. The van der Waals surface area contributed by atoms with E-state index in [1.54, 1.807) is 6.92 Å². The number of carboxylic acid groups (broad SMARTS) is 1. The van der Waals surface area contributed by atoms with Crippen LogP contribution in [0.4, 0.5) is 5.69 Å². The Morgan fingerprint density at radius 2 is 2.20 bits per heavy atom. The van der Waals surface area contributed by atoms with E-state index in [9.17, 15) is 9.90 Å². The molecule has 8 nitrogen and oxygen atoms in total. The van der Waals surface area contributed by atoms with Crippen LogP contribution in [0, 0.1) is 6.92 Å². The largest absolute Gasteiger partial charge is 0.476 e. The highest BCUT2D eigenvalue weighted by atomic mass is 16.5. The van der Waals surface area contributed by atoms with Crippen molar-refractivity contribution in [3.05, 3.63) is 29.4 Å². The van der Waals surface area contributed by atoms with Crippen molar-refractivity contribution in [2.75, 3.05) is 5.32 Å². The van der Waals surface area contributed by atoms with Gasteiger partial charge in [-0.2, -0.15) is 4.98 Å². The third-order valence-electron chi connectivity index (χ3n) is 2.53. The fourth-order valence-corrected chi connectivity index (χ4v) is 1.55. The van der Waals surface area contributed by atoms with Crippen LogP contribution in [0.15, 0.2) is 10.7 Å². The standard InChI is InChI=1S/C12H15N5O3/c1-6(2)11-14-4-8(10(16-11)12(18)19)13-5-9-15-7(3)20-17-9/h4,6,13H,5H2,1-3H3,(H,18,19). The first-order valence-corrected chi connectivity index (χ1v) is 6.10. The second kappa shape index (κ2) is 5.64. The van der Waals surface area contributed by atoms with Gasteiger partial charge in [0.15, 0.2) is 11.5 Å². The van der Waals surface area contributed by atoms with Gasteiger partial charge in [-0.3, -0.25) is 0 Å². The maximum absolute atomic E-state index is 11.2. The van der Waals surface area contributed by atoms with Crippen LogP contribution in [0.1, 0.15) is 47.8 Å². The molecule has 8 heteroatoms. The molecule has 2 aromatic rings. The summed E-state index contributed by atoms with van der Waals surface area (Å²) in [7, 11) is 0. The van der Waals surface area contributed by atoms with Crippen LogP contribution < -0.4 is 5.32 Å². The van der Waals surface area contributed by atoms with Gasteiger partial charge in [-0.15, -0.1) is 0 Å². The molecule has 0 aliphatic heterocycles. The Kier molecular flexibility index (Phi) is 3.92. The molecule has 106 valence electrons. The van der Waals surface area contributed by atoms with Crippen LogP contribution in [0.2, 0.25) is 0 Å². The van der Waals surface area contributed by atoms with Crippen molar-refractivity contribution in [3.63, 3.8) is 0 Å². The summed E-state index contributed by atoms with van der Waals surface area (Å²) in [5, 5.41) is 15.8. The molecule has 0 saturated heterocycles. The summed E-state index contributed by atoms with van der Waals surface area (Å²) in [4.78, 5) is 23.4. The summed E-state index contributed by atoms with van der Waals surface area (Å²) in [5.74, 6) is 0.324. The van der Waals surface area contributed by atoms with Gasteiger partial charge in [-0.05, 0) is 0 Å². The monoisotopic (exact) mass is 277 g/mol. The molecule has 2 N–H and O–H groups in total. The van der Waals surface area contributed by atoms with E-state index < -0.39 is 5.97 Å². The molecule has 2 rings (SSSR count). The van der Waals surface area contributed by atoms with Gasteiger partial charge in [0.25, 0.3) is 0 Å². The van der Waals surface area contributed by atoms with Gasteiger partial charge in [-0.1, -0.05) is 19.0 Å². The zero-order chi connectivity index (χ0) is 14.7. The Hall–Kier alpha value is -2.51. The summed E-state index contributed by atoms with van der Waals surface area (Å²) >= 11 is 0. The number of nitrogens with zero attached hydrogens (tertiary/aromatic N) is 4. The molecule has 0 bridgehead atoms. The maximum atomic E-state index is 11.2. The summed E-state index contributed by atoms with van der Waals surface area (Å²) in [6.07, 6.45) is 1.46. The van der Waals surface area contributed by atoms with Crippen LogP contribution in [0.3, 0.4) is 0 Å². The zero-order valence-electron chi connectivity index (χ0n) is 11.4. The lowest BCUT2D eigenvalue weighted by Crippen LogP contribution is -2.12. The van der Waals surface area contributed by atoms with Crippen molar-refractivity contribution >= 4 is 11.7 Å². The number of carbonyl (C=O) groups is 1. The lowest BCUT2D eigenvalue weighted by Gasteiger charge is -2.09. The predicted octanol–water partition coefficient (Wildman–Crippen LogP) is 1.60. The number of aryl methyl sites for hydroxylation is 1. The van der Waals surface area contributed by atoms with Gasteiger partial charge in [0.1, 0.15) is 5.82 Å². The third kappa shape index (κ3) is 3.08. The van der Waals surface area contributed by atoms with E-state index in [4.69, 9.17) is 4.52 Å². The Labute approximate surface area is 115 Å². The minimum atomic E-state index is -1.11. The molecule has 0 aromatic carbocycles. The van der Waals surface area contributed by atoms with Crippen LogP contribution in [-0.4, -0.2) is 31.2 Å². The molecule has 0 atom stereocenters. The van der Waals surface area contributed by atoms with Crippen LogP contribution >= 0.6 is 0 Å². The first-order valence-electron chi connectivity index (χ1n) is 6.10. The molecule has 0 radical (unpaired) electrons. The molecule has 0 aliphatic carbocycles. The molecule has 0 spiro atoms. The van der Waals surface area contributed by atoms with Crippen LogP contribution in [0.25, 0.3) is 0 Å². The quantitative estimate of drug-likeness (QED) is 0.847. The number of carboxylic acids is 1. The minimum absolute atomic E-state index is 0.0574. The van der Waals surface area contributed by atoms with Gasteiger partial charge in [0.2, 0.25) is 5.89 Å². The SMILES string of the molecule is Cc1nc(CNc2cnc(C(C)C)nc2C(=O)O)no1. The van der Waals surface area contributed by atoms with Crippen molar-refractivity contribution in [3.8, 4) is 0 Å². The smallest absolute Gasteiger partial charge is 0.356 e. The van der Waals surface area contributed by atoms with E-state index in [0.717, 1.165) is 0 Å². The van der Waals surface area contributed by atoms with E-state index in [1.807, 2.05) is 13.8 Å². The summed E-state index contributed by atoms with van der Waals surface area (Å²) in [6.45, 7) is 5.72. The average molecular weight is 277 g/mol. The molecule has 0 unspecified atom stereocenters. The lowest BCUT2D eigenvalue weighted by molar-refractivity contribution is 0.0691. The molecule has 2 heterocycles. The Morgan fingerprint density at radius 3 is 2.75 bits per heavy atom. The fourth-order valence-electron chi connectivity index (χ4n) is 1.55. The number of rotatable bonds is 5. The van der Waals surface area contributed by atoms with E-state index in [2.05, 4.69) is 25.4 Å². The normalized spacial score (nSPS) is 10.8. The number of aromatic nitrogens is 4. The number of nitrogens with one attached hydrogen (secondary N) is 1. The Balaban J connectivity index is 2.20. The van der Waals surface area contributed by atoms with Gasteiger partial charge in [-0.25, -0.2) is 14.8 Å². The first kappa shape index (κ1) is 13.9. The average Bonchev–Trinajstić information content (AvgIpc) is 2.81. The van der Waals surface area contributed by atoms with E-state index >= 15 is 0 Å². The molecule has 0 amide bonds. The fraction of sp³-hybridized carbons (Fsp3) is 0.417.